The van der Waals surface area contributed by atoms with Crippen molar-refractivity contribution in [2.24, 2.45) is 5.41 Å². The Labute approximate surface area is 518 Å². The summed E-state index contributed by atoms with van der Waals surface area (Å²) in [6, 6.07) is 33.3. The van der Waals surface area contributed by atoms with Crippen molar-refractivity contribution in [1.29, 1.82) is 0 Å². The number of nitrogens with zero attached hydrogens (tertiary/aromatic N) is 3. The first-order chi connectivity index (χ1) is 42.0. The van der Waals surface area contributed by atoms with E-state index in [1.165, 1.54) is 4.90 Å². The van der Waals surface area contributed by atoms with Crippen LogP contribution >= 0.6 is 11.3 Å². The van der Waals surface area contributed by atoms with Gasteiger partial charge in [0.1, 0.15) is 42.7 Å². The van der Waals surface area contributed by atoms with Gasteiger partial charge in [-0.3, -0.25) is 19.3 Å². The van der Waals surface area contributed by atoms with Crippen LogP contribution in [0, 0.1) is 24.0 Å². The topological polar surface area (TPSA) is 161 Å². The van der Waals surface area contributed by atoms with Gasteiger partial charge in [0.25, 0.3) is 14.2 Å². The molecule has 2 aliphatic heterocycles. The summed E-state index contributed by atoms with van der Waals surface area (Å²) in [5.41, 5.74) is 7.11. The summed E-state index contributed by atoms with van der Waals surface area (Å²) in [6.07, 6.45) is -0.0765. The van der Waals surface area contributed by atoms with Crippen LogP contribution in [0.3, 0.4) is 0 Å². The number of alkyl halides is 2. The van der Waals surface area contributed by atoms with Gasteiger partial charge >= 0.3 is 0 Å². The standard InChI is InChI=1S/C68H81F4N5O9SSi/c1-44-33-54-53-22-16-15-17-48(53)34-55(54)61(77(44)41-68(71,72)42-86-88(67(6,7)8,51-18-11-9-12-19-51)52-20-13-10-14-21-52)60-56(69)36-50(37-57(60)70)85-32-31-83-28-27-82-29-30-84-40-59(79)75-63(66(3,4)5)65(81)76-39-49(78)35-58(76)64(80)73-38-46-23-25-47(26-24-46)62-45(2)74-43-87-62/h9-26,36-37,43-44,49,58,61,63,78H,27-35,38-42H2,1-8H3,(H,73,80)(H,75,79)/t44-,49-,58+,61+,63-/m1/s1. The molecule has 3 amide bonds. The van der Waals surface area contributed by atoms with E-state index in [9.17, 15) is 19.5 Å². The number of halogens is 4. The van der Waals surface area contributed by atoms with Gasteiger partial charge < -0.3 is 44.0 Å². The zero-order valence-corrected chi connectivity index (χ0v) is 53.2. The summed E-state index contributed by atoms with van der Waals surface area (Å²) in [6.45, 7) is 13.8. The van der Waals surface area contributed by atoms with Gasteiger partial charge in [0.05, 0.1) is 74.4 Å². The van der Waals surface area contributed by atoms with Gasteiger partial charge in [-0.25, -0.2) is 22.5 Å². The number of rotatable bonds is 26. The molecule has 14 nitrogen and oxygen atoms in total. The third-order valence-electron chi connectivity index (χ3n) is 16.7. The number of fused-ring (bicyclic) bond motifs is 2. The Kier molecular flexibility index (Phi) is 21.3. The van der Waals surface area contributed by atoms with Gasteiger partial charge in [-0.2, -0.15) is 0 Å². The number of aryl methyl sites for hydroxylation is 1. The number of nitrogens with one attached hydrogen (secondary N) is 2. The number of hydrogen-bond acceptors (Lipinski definition) is 12. The number of aliphatic hydroxyl groups is 1. The quantitative estimate of drug-likeness (QED) is 0.0269. The summed E-state index contributed by atoms with van der Waals surface area (Å²) < 4.78 is 96.8. The fraction of sp³-hybridized carbons (Fsp3) is 0.441. The minimum atomic E-state index is -3.44. The Balaban J connectivity index is 0.734. The predicted molar refractivity (Wildman–Crippen MR) is 335 cm³/mol. The van der Waals surface area contributed by atoms with Crippen molar-refractivity contribution >= 4 is 53.3 Å². The number of likely N-dealkylation sites (tertiary alicyclic amines) is 1. The lowest BCUT2D eigenvalue weighted by Crippen LogP contribution is -2.67. The van der Waals surface area contributed by atoms with Crippen LogP contribution in [-0.4, -0.2) is 142 Å². The molecule has 1 saturated heterocycles. The van der Waals surface area contributed by atoms with E-state index in [0.717, 1.165) is 60.9 Å². The minimum Gasteiger partial charge on any atom is -0.491 e. The maximum atomic E-state index is 17.0. The Hall–Kier alpha value is -6.62. The molecule has 9 rings (SSSR count). The first-order valence-corrected chi connectivity index (χ1v) is 32.8. The van der Waals surface area contributed by atoms with Crippen molar-refractivity contribution in [1.82, 2.24) is 25.4 Å². The fourth-order valence-corrected chi connectivity index (χ4v) is 17.8. The lowest BCUT2D eigenvalue weighted by molar-refractivity contribution is -0.144. The molecule has 470 valence electrons. The van der Waals surface area contributed by atoms with Crippen molar-refractivity contribution in [3.8, 4) is 16.2 Å². The molecule has 1 aliphatic carbocycles. The number of carbonyl (C=O) groups excluding carboxylic acids is 3. The predicted octanol–water partition coefficient (Wildman–Crippen LogP) is 9.99. The normalized spacial score (nSPS) is 18.5. The van der Waals surface area contributed by atoms with Crippen molar-refractivity contribution in [2.45, 2.75) is 122 Å². The lowest BCUT2D eigenvalue weighted by atomic mass is 9.84. The van der Waals surface area contributed by atoms with Gasteiger partial charge in [-0.15, -0.1) is 11.3 Å². The number of aromatic nitrogens is 1. The van der Waals surface area contributed by atoms with Crippen LogP contribution in [0.2, 0.25) is 5.04 Å². The number of ether oxygens (including phenoxy) is 4. The fourth-order valence-electron chi connectivity index (χ4n) is 12.4. The average Bonchev–Trinajstić information content (AvgIpc) is 1.89. The number of β-amino-alcohol motifs (C(OH)–C–C–N with tert-alkyl or cyclic N) is 1. The smallest absolute Gasteiger partial charge is 0.282 e. The molecule has 1 fully saturated rings. The number of carbonyl (C=O) groups is 3. The van der Waals surface area contributed by atoms with Crippen LogP contribution in [0.1, 0.15) is 95.3 Å². The van der Waals surface area contributed by atoms with Crippen LogP contribution in [0.25, 0.3) is 16.0 Å². The molecule has 3 N–H and O–H groups in total. The first-order valence-electron chi connectivity index (χ1n) is 30.0. The molecule has 5 atom stereocenters. The summed E-state index contributed by atoms with van der Waals surface area (Å²) >= 11 is 1.55. The van der Waals surface area contributed by atoms with Crippen molar-refractivity contribution in [2.75, 3.05) is 65.9 Å². The first kappa shape index (κ1) is 65.8. The Morgan fingerprint density at radius 1 is 0.807 bits per heavy atom. The number of thiazole rings is 1. The molecule has 88 heavy (non-hydrogen) atoms. The van der Waals surface area contributed by atoms with Crippen LogP contribution in [-0.2, 0) is 46.0 Å². The monoisotopic (exact) mass is 1250 g/mol. The second-order valence-electron chi connectivity index (χ2n) is 25.1. The number of benzene rings is 5. The molecule has 5 aromatic carbocycles. The third-order valence-corrected chi connectivity index (χ3v) is 22.6. The minimum absolute atomic E-state index is 0.0504. The molecule has 3 aliphatic rings. The third kappa shape index (κ3) is 15.3. The van der Waals surface area contributed by atoms with Gasteiger partial charge in [-0.05, 0) is 80.9 Å². The molecule has 0 unspecified atom stereocenters. The molecule has 0 saturated carbocycles. The molecule has 1 aromatic heterocycles. The number of amides is 3. The van der Waals surface area contributed by atoms with Crippen LogP contribution in [0.4, 0.5) is 17.6 Å². The average molecular weight is 1250 g/mol. The molecule has 6 aromatic rings. The van der Waals surface area contributed by atoms with Crippen molar-refractivity contribution in [3.63, 3.8) is 0 Å². The summed E-state index contributed by atoms with van der Waals surface area (Å²) in [5, 5.41) is 17.5. The van der Waals surface area contributed by atoms with Crippen LogP contribution < -0.4 is 25.7 Å². The van der Waals surface area contributed by atoms with Gasteiger partial charge in [0.2, 0.25) is 17.7 Å². The van der Waals surface area contributed by atoms with Gasteiger partial charge in [-0.1, -0.05) is 151 Å². The van der Waals surface area contributed by atoms with E-state index < -0.39 is 97.5 Å². The molecule has 20 heteroatoms. The van der Waals surface area contributed by atoms with Gasteiger partial charge in [0, 0.05) is 43.2 Å². The highest BCUT2D eigenvalue weighted by Gasteiger charge is 2.53. The summed E-state index contributed by atoms with van der Waals surface area (Å²) in [7, 11) is -3.37. The van der Waals surface area contributed by atoms with Gasteiger partial charge in [0.15, 0.2) is 0 Å². The molecule has 3 heterocycles. The van der Waals surface area contributed by atoms with E-state index in [1.54, 1.807) is 42.5 Å². The highest BCUT2D eigenvalue weighted by molar-refractivity contribution is 7.13. The molecular weight excluding hydrogens is 1170 g/mol. The van der Waals surface area contributed by atoms with E-state index >= 15 is 17.6 Å². The van der Waals surface area contributed by atoms with E-state index in [-0.39, 0.29) is 77.1 Å². The Morgan fingerprint density at radius 2 is 1.41 bits per heavy atom. The van der Waals surface area contributed by atoms with Crippen LogP contribution in [0.15, 0.2) is 132 Å². The summed E-state index contributed by atoms with van der Waals surface area (Å²) in [5.74, 6) is -6.80. The summed E-state index contributed by atoms with van der Waals surface area (Å²) in [4.78, 5) is 49.0. The Morgan fingerprint density at radius 3 is 2.01 bits per heavy atom. The number of hydrogen-bond donors (Lipinski definition) is 3. The van der Waals surface area contributed by atoms with Crippen LogP contribution in [0.5, 0.6) is 5.75 Å². The van der Waals surface area contributed by atoms with E-state index in [0.29, 0.717) is 18.4 Å². The second-order valence-corrected chi connectivity index (χ2v) is 30.3. The maximum Gasteiger partial charge on any atom is 0.282 e. The number of aliphatic hydroxyl groups excluding tert-OH is 1. The molecule has 0 radical (unpaired) electrons. The van der Waals surface area contributed by atoms with E-state index in [4.69, 9.17) is 23.4 Å². The Bertz CT molecular complexity index is 3340. The zero-order valence-electron chi connectivity index (χ0n) is 51.4. The molecule has 0 spiro atoms. The zero-order chi connectivity index (χ0) is 63.0. The molecular formula is C68H81F4N5O9SSi. The highest BCUT2D eigenvalue weighted by Crippen LogP contribution is 2.51. The lowest BCUT2D eigenvalue weighted by Gasteiger charge is -2.46. The van der Waals surface area contributed by atoms with Crippen molar-refractivity contribution in [3.05, 3.63) is 172 Å². The van der Waals surface area contributed by atoms with Crippen molar-refractivity contribution < 1.29 is 60.4 Å². The largest absolute Gasteiger partial charge is 0.491 e. The second kappa shape index (κ2) is 28.5. The molecule has 0 bridgehead atoms. The SMILES string of the molecule is Cc1ncsc1-c1ccc(CNC(=O)[C@@H]2C[C@@H](O)CN2C(=O)[C@@H](NC(=O)COCCOCCOCCOc2cc(F)c([C@@H]3C4=C(C[C@@H](C)N3CC(F)(F)CO[Si](c3ccccc3)(c3ccccc3)C(C)(C)C)c3ccccc3C4)c(F)c2)C(C)(C)C)cc1. The van der Waals surface area contributed by atoms with E-state index in [1.807, 2.05) is 144 Å². The maximum absolute atomic E-state index is 17.0. The van der Waals surface area contributed by atoms with E-state index in [2.05, 4.69) is 15.6 Å². The highest BCUT2D eigenvalue weighted by atomic mass is 32.1.